The number of aromatic nitrogens is 4. The van der Waals surface area contributed by atoms with Crippen LogP contribution in [0.4, 0.5) is 11.4 Å². The average molecular weight is 800 g/mol. The Labute approximate surface area is 290 Å². The third kappa shape index (κ3) is 6.04. The molecule has 7 aromatic rings. The van der Waals surface area contributed by atoms with Crippen LogP contribution in [0.1, 0.15) is 18.1 Å². The number of ether oxygens (including phenoxy) is 1. The summed E-state index contributed by atoms with van der Waals surface area (Å²) in [5, 5.41) is 6.98. The second-order valence-electron chi connectivity index (χ2n) is 12.0. The number of anilines is 2. The van der Waals surface area contributed by atoms with Gasteiger partial charge in [-0.25, -0.2) is 4.98 Å². The van der Waals surface area contributed by atoms with Crippen LogP contribution in [0.2, 0.25) is 0 Å². The number of hydrogen-bond donors (Lipinski definition) is 0. The number of fused-ring (bicyclic) bond motifs is 3. The van der Waals surface area contributed by atoms with E-state index in [-0.39, 0.29) is 21.1 Å². The van der Waals surface area contributed by atoms with Crippen molar-refractivity contribution in [3.8, 4) is 34.1 Å². The first-order valence-electron chi connectivity index (χ1n) is 15.5. The second-order valence-corrected chi connectivity index (χ2v) is 12.0. The quantitative estimate of drug-likeness (QED) is 0.145. The zero-order valence-electron chi connectivity index (χ0n) is 27.4. The SMILES string of the molecule is CCc1ccnc(-n2c3[c-]c(Oc4[c-]c(-n5cc(-c6c(N(C)C)cc(C)cc6N(C)C)cn5)ccc4)ccc3c3ccccc32)c1.[Pt+2]. The van der Waals surface area contributed by atoms with Gasteiger partial charge in [-0.3, -0.25) is 4.68 Å². The van der Waals surface area contributed by atoms with Crippen LogP contribution in [0.25, 0.3) is 44.4 Å². The summed E-state index contributed by atoms with van der Waals surface area (Å²) in [6.45, 7) is 4.28. The predicted octanol–water partition coefficient (Wildman–Crippen LogP) is 8.42. The van der Waals surface area contributed by atoms with Crippen LogP contribution in [0.5, 0.6) is 11.5 Å². The van der Waals surface area contributed by atoms with Gasteiger partial charge in [-0.05, 0) is 65.9 Å². The summed E-state index contributed by atoms with van der Waals surface area (Å²) in [6.07, 6.45) is 6.77. The van der Waals surface area contributed by atoms with Gasteiger partial charge in [-0.15, -0.1) is 35.7 Å². The number of benzene rings is 4. The fourth-order valence-electron chi connectivity index (χ4n) is 6.06. The van der Waals surface area contributed by atoms with Crippen molar-refractivity contribution in [3.63, 3.8) is 0 Å². The van der Waals surface area contributed by atoms with Gasteiger partial charge in [0.05, 0.1) is 6.20 Å². The monoisotopic (exact) mass is 799 g/mol. The smallest absolute Gasteiger partial charge is 0.509 e. The molecule has 8 heteroatoms. The Morgan fingerprint density at radius 2 is 1.55 bits per heavy atom. The summed E-state index contributed by atoms with van der Waals surface area (Å²) in [5.41, 5.74) is 9.67. The van der Waals surface area contributed by atoms with Crippen molar-refractivity contribution < 1.29 is 25.8 Å². The largest absolute Gasteiger partial charge is 2.00 e. The molecule has 47 heavy (non-hydrogen) atoms. The molecular weight excluding hydrogens is 764 g/mol. The standard InChI is InChI=1S/C39H36N6O.Pt/c1-7-27-17-18-40-38(21-27)45-34-14-9-8-13-32(34)33-16-15-31(23-35(33)45)46-30-12-10-11-29(22-30)44-25-28(24-41-44)39-36(42(3)4)19-26(2)20-37(39)43(5)6;/h8-21,24-25H,7H2,1-6H3;/q-2;+2. The van der Waals surface area contributed by atoms with E-state index in [1.807, 2.05) is 47.5 Å². The van der Waals surface area contributed by atoms with E-state index in [0.29, 0.717) is 11.5 Å². The van der Waals surface area contributed by atoms with Gasteiger partial charge in [-0.2, -0.15) is 17.2 Å². The van der Waals surface area contributed by atoms with E-state index >= 15 is 0 Å². The molecule has 3 aromatic heterocycles. The summed E-state index contributed by atoms with van der Waals surface area (Å²) in [5.74, 6) is 2.05. The van der Waals surface area contributed by atoms with Gasteiger partial charge in [0, 0.05) is 80.1 Å². The Morgan fingerprint density at radius 1 is 0.809 bits per heavy atom. The summed E-state index contributed by atoms with van der Waals surface area (Å²) >= 11 is 0. The normalized spacial score (nSPS) is 11.1. The Bertz CT molecular complexity index is 2180. The van der Waals surface area contributed by atoms with Gasteiger partial charge in [0.2, 0.25) is 0 Å². The maximum Gasteiger partial charge on any atom is 2.00 e. The zero-order chi connectivity index (χ0) is 31.9. The van der Waals surface area contributed by atoms with E-state index in [9.17, 15) is 0 Å². The maximum atomic E-state index is 6.39. The van der Waals surface area contributed by atoms with E-state index in [1.54, 1.807) is 0 Å². The van der Waals surface area contributed by atoms with Crippen molar-refractivity contribution in [1.29, 1.82) is 0 Å². The molecular formula is C39H36N6OPt. The molecule has 0 atom stereocenters. The summed E-state index contributed by atoms with van der Waals surface area (Å²) < 4.78 is 10.4. The van der Waals surface area contributed by atoms with Gasteiger partial charge in [-0.1, -0.05) is 30.6 Å². The molecule has 0 saturated carbocycles. The Hall–Kier alpha value is -4.87. The molecule has 4 aromatic carbocycles. The van der Waals surface area contributed by atoms with Crippen LogP contribution in [0.3, 0.4) is 0 Å². The van der Waals surface area contributed by atoms with Crippen LogP contribution >= 0.6 is 0 Å². The molecule has 0 amide bonds. The molecule has 0 N–H and O–H groups in total. The Balaban J connectivity index is 0.00000386. The van der Waals surface area contributed by atoms with Crippen LogP contribution in [0.15, 0.2) is 97.5 Å². The van der Waals surface area contributed by atoms with Crippen molar-refractivity contribution in [2.45, 2.75) is 20.3 Å². The molecule has 7 rings (SSSR count). The Morgan fingerprint density at radius 3 is 2.30 bits per heavy atom. The third-order valence-corrected chi connectivity index (χ3v) is 8.30. The molecule has 0 unspecified atom stereocenters. The fraction of sp³-hybridized carbons (Fsp3) is 0.179. The van der Waals surface area contributed by atoms with Gasteiger partial charge < -0.3 is 19.1 Å². The van der Waals surface area contributed by atoms with Crippen molar-refractivity contribution in [3.05, 3.63) is 121 Å². The molecule has 0 aliphatic heterocycles. The second kappa shape index (κ2) is 13.1. The van der Waals surface area contributed by atoms with Gasteiger partial charge in [0.25, 0.3) is 0 Å². The van der Waals surface area contributed by atoms with Crippen LogP contribution in [-0.4, -0.2) is 47.5 Å². The molecule has 0 spiro atoms. The van der Waals surface area contributed by atoms with E-state index < -0.39 is 0 Å². The van der Waals surface area contributed by atoms with Crippen LogP contribution in [0, 0.1) is 19.1 Å². The number of hydrogen-bond acceptors (Lipinski definition) is 5. The molecule has 238 valence electrons. The molecule has 3 heterocycles. The van der Waals surface area contributed by atoms with Crippen molar-refractivity contribution in [2.75, 3.05) is 38.0 Å². The van der Waals surface area contributed by atoms with E-state index in [0.717, 1.165) is 62.2 Å². The van der Waals surface area contributed by atoms with Crippen molar-refractivity contribution >= 4 is 33.2 Å². The minimum Gasteiger partial charge on any atom is -0.509 e. The van der Waals surface area contributed by atoms with Gasteiger partial charge in [0.1, 0.15) is 5.82 Å². The summed E-state index contributed by atoms with van der Waals surface area (Å²) in [7, 11) is 8.29. The minimum absolute atomic E-state index is 0. The average Bonchev–Trinajstić information content (AvgIpc) is 3.67. The first-order valence-corrected chi connectivity index (χ1v) is 15.5. The minimum atomic E-state index is 0. The van der Waals surface area contributed by atoms with Gasteiger partial charge in [0.15, 0.2) is 0 Å². The molecule has 0 fully saturated rings. The number of aryl methyl sites for hydroxylation is 2. The van der Waals surface area contributed by atoms with Crippen LogP contribution in [-0.2, 0) is 27.5 Å². The van der Waals surface area contributed by atoms with E-state index in [2.05, 4.69) is 123 Å². The summed E-state index contributed by atoms with van der Waals surface area (Å²) in [4.78, 5) is 9.03. The molecule has 7 nitrogen and oxygen atoms in total. The van der Waals surface area contributed by atoms with Crippen LogP contribution < -0.4 is 14.5 Å². The van der Waals surface area contributed by atoms with Crippen molar-refractivity contribution in [2.24, 2.45) is 0 Å². The third-order valence-electron chi connectivity index (χ3n) is 8.30. The van der Waals surface area contributed by atoms with E-state index in [1.165, 1.54) is 11.1 Å². The fourth-order valence-corrected chi connectivity index (χ4v) is 6.06. The maximum absolute atomic E-state index is 6.39. The molecule has 0 aliphatic carbocycles. The molecule has 0 aliphatic rings. The first-order chi connectivity index (χ1) is 22.3. The number of rotatable bonds is 8. The van der Waals surface area contributed by atoms with Crippen molar-refractivity contribution in [1.82, 2.24) is 19.3 Å². The topological polar surface area (TPSA) is 51.4 Å². The molecule has 0 saturated heterocycles. The molecule has 0 radical (unpaired) electrons. The molecule has 0 bridgehead atoms. The zero-order valence-corrected chi connectivity index (χ0v) is 29.6. The predicted molar refractivity (Wildman–Crippen MR) is 188 cm³/mol. The number of nitrogens with zero attached hydrogens (tertiary/aromatic N) is 6. The van der Waals surface area contributed by atoms with Gasteiger partial charge >= 0.3 is 21.1 Å². The number of pyridine rings is 1. The van der Waals surface area contributed by atoms with E-state index in [4.69, 9.17) is 14.8 Å². The summed E-state index contributed by atoms with van der Waals surface area (Å²) in [6, 6.07) is 33.9. The Kier molecular flexibility index (Phi) is 8.94. The number of para-hydroxylation sites is 1. The first kappa shape index (κ1) is 32.1.